The highest BCUT2D eigenvalue weighted by Gasteiger charge is 2.37. The minimum atomic E-state index is -0.989. The van der Waals surface area contributed by atoms with Gasteiger partial charge < -0.3 is 20.1 Å². The Labute approximate surface area is 152 Å². The number of rotatable bonds is 4. The van der Waals surface area contributed by atoms with Crippen LogP contribution in [-0.2, 0) is 9.53 Å². The lowest BCUT2D eigenvalue weighted by Crippen LogP contribution is -2.53. The molecular weight excluding hydrogens is 352 g/mol. The standard InChI is InChI=1S/C18H18N4O5/c23-14(24)9-18(5-7-27-8-6-18)21-17(26)12-10-19-22-13-4-2-1-3-11(13)16(25)20-15(12)22/h1-4,10H,5-9H2,(H,20,25)(H,21,26)(H,23,24). The number of aromatic nitrogens is 3. The highest BCUT2D eigenvalue weighted by molar-refractivity contribution is 6.01. The van der Waals surface area contributed by atoms with Crippen LogP contribution in [0, 0.1) is 0 Å². The molecule has 1 aliphatic rings. The van der Waals surface area contributed by atoms with E-state index in [1.165, 1.54) is 10.7 Å². The summed E-state index contributed by atoms with van der Waals surface area (Å²) in [6, 6.07) is 6.96. The number of para-hydroxylation sites is 1. The van der Waals surface area contributed by atoms with Crippen molar-refractivity contribution in [1.29, 1.82) is 0 Å². The second-order valence-electron chi connectivity index (χ2n) is 6.71. The summed E-state index contributed by atoms with van der Waals surface area (Å²) in [5, 5.41) is 16.8. The molecule has 0 saturated carbocycles. The fourth-order valence-corrected chi connectivity index (χ4v) is 3.55. The van der Waals surface area contributed by atoms with Gasteiger partial charge >= 0.3 is 5.97 Å². The molecule has 9 heteroatoms. The molecule has 2 aromatic heterocycles. The van der Waals surface area contributed by atoms with Crippen LogP contribution in [0.4, 0.5) is 0 Å². The number of H-pyrrole nitrogens is 1. The zero-order valence-corrected chi connectivity index (χ0v) is 14.4. The third-order valence-electron chi connectivity index (χ3n) is 4.94. The predicted octanol–water partition coefficient (Wildman–Crippen LogP) is 0.929. The zero-order chi connectivity index (χ0) is 19.0. The first-order valence-corrected chi connectivity index (χ1v) is 8.60. The third kappa shape index (κ3) is 3.06. The van der Waals surface area contributed by atoms with Gasteiger partial charge in [-0.3, -0.25) is 14.4 Å². The van der Waals surface area contributed by atoms with Crippen LogP contribution in [0.25, 0.3) is 16.6 Å². The summed E-state index contributed by atoms with van der Waals surface area (Å²) in [6.45, 7) is 0.758. The van der Waals surface area contributed by atoms with E-state index < -0.39 is 17.4 Å². The van der Waals surface area contributed by atoms with E-state index in [0.717, 1.165) is 0 Å². The third-order valence-corrected chi connectivity index (χ3v) is 4.94. The number of carbonyl (C=O) groups is 2. The molecule has 0 bridgehead atoms. The van der Waals surface area contributed by atoms with Crippen molar-refractivity contribution in [2.24, 2.45) is 0 Å². The average molecular weight is 370 g/mol. The van der Waals surface area contributed by atoms with Crippen LogP contribution >= 0.6 is 0 Å². The molecule has 1 aromatic carbocycles. The summed E-state index contributed by atoms with van der Waals surface area (Å²) in [6.07, 6.45) is 2.00. The molecule has 27 heavy (non-hydrogen) atoms. The van der Waals surface area contributed by atoms with Crippen LogP contribution < -0.4 is 10.9 Å². The van der Waals surface area contributed by atoms with Crippen LogP contribution in [0.3, 0.4) is 0 Å². The van der Waals surface area contributed by atoms with Crippen molar-refractivity contribution in [3.05, 3.63) is 46.4 Å². The number of amides is 1. The van der Waals surface area contributed by atoms with Gasteiger partial charge in [0.25, 0.3) is 11.5 Å². The van der Waals surface area contributed by atoms with Gasteiger partial charge in [-0.15, -0.1) is 0 Å². The first kappa shape index (κ1) is 17.2. The van der Waals surface area contributed by atoms with Crippen molar-refractivity contribution >= 4 is 28.4 Å². The van der Waals surface area contributed by atoms with Crippen molar-refractivity contribution in [2.45, 2.75) is 24.8 Å². The van der Waals surface area contributed by atoms with Crippen molar-refractivity contribution in [3.8, 4) is 0 Å². The number of aliphatic carboxylic acids is 1. The van der Waals surface area contributed by atoms with Gasteiger partial charge in [-0.25, -0.2) is 4.52 Å². The molecule has 140 valence electrons. The number of carbonyl (C=O) groups excluding carboxylic acids is 1. The summed E-state index contributed by atoms with van der Waals surface area (Å²) in [5.41, 5.74) is -0.157. The number of hydrogen-bond donors (Lipinski definition) is 3. The molecule has 0 atom stereocenters. The van der Waals surface area contributed by atoms with Gasteiger partial charge in [0, 0.05) is 13.2 Å². The number of aromatic amines is 1. The average Bonchev–Trinajstić information content (AvgIpc) is 3.06. The number of benzene rings is 1. The molecule has 0 unspecified atom stereocenters. The second-order valence-corrected chi connectivity index (χ2v) is 6.71. The number of fused-ring (bicyclic) bond motifs is 3. The molecule has 1 amide bonds. The van der Waals surface area contributed by atoms with Gasteiger partial charge in [0.1, 0.15) is 11.2 Å². The highest BCUT2D eigenvalue weighted by Crippen LogP contribution is 2.26. The number of nitrogens with zero attached hydrogens (tertiary/aromatic N) is 2. The molecule has 4 rings (SSSR count). The Hall–Kier alpha value is -3.20. The summed E-state index contributed by atoms with van der Waals surface area (Å²) < 4.78 is 6.80. The van der Waals surface area contributed by atoms with E-state index in [1.807, 2.05) is 0 Å². The van der Waals surface area contributed by atoms with E-state index in [4.69, 9.17) is 4.74 Å². The maximum atomic E-state index is 12.9. The molecule has 3 N–H and O–H groups in total. The minimum absolute atomic E-state index is 0.189. The number of carboxylic acids is 1. The summed E-state index contributed by atoms with van der Waals surface area (Å²) >= 11 is 0. The molecule has 1 saturated heterocycles. The van der Waals surface area contributed by atoms with Gasteiger partial charge in [0.05, 0.1) is 29.1 Å². The van der Waals surface area contributed by atoms with Gasteiger partial charge in [-0.05, 0) is 25.0 Å². The van der Waals surface area contributed by atoms with Crippen LogP contribution in [-0.4, -0.2) is 50.3 Å². The molecular formula is C18H18N4O5. The summed E-state index contributed by atoms with van der Waals surface area (Å²) in [4.78, 5) is 39.2. The van der Waals surface area contributed by atoms with Crippen molar-refractivity contribution < 1.29 is 19.4 Å². The lowest BCUT2D eigenvalue weighted by atomic mass is 9.86. The normalized spacial score (nSPS) is 16.4. The van der Waals surface area contributed by atoms with E-state index in [0.29, 0.717) is 37.0 Å². The Bertz CT molecular complexity index is 1090. The fourth-order valence-electron chi connectivity index (χ4n) is 3.55. The van der Waals surface area contributed by atoms with E-state index >= 15 is 0 Å². The fraction of sp³-hybridized carbons (Fsp3) is 0.333. The predicted molar refractivity (Wildman–Crippen MR) is 95.8 cm³/mol. The number of carboxylic acid groups (broad SMARTS) is 1. The molecule has 0 radical (unpaired) electrons. The molecule has 9 nitrogen and oxygen atoms in total. The smallest absolute Gasteiger partial charge is 0.305 e. The molecule has 0 aliphatic carbocycles. The monoisotopic (exact) mass is 370 g/mol. The molecule has 3 aromatic rings. The summed E-state index contributed by atoms with van der Waals surface area (Å²) in [5.74, 6) is -1.46. The minimum Gasteiger partial charge on any atom is -0.481 e. The van der Waals surface area contributed by atoms with Gasteiger partial charge in [0.2, 0.25) is 0 Å². The van der Waals surface area contributed by atoms with Crippen molar-refractivity contribution in [3.63, 3.8) is 0 Å². The molecule has 0 spiro atoms. The van der Waals surface area contributed by atoms with Crippen molar-refractivity contribution in [1.82, 2.24) is 19.9 Å². The largest absolute Gasteiger partial charge is 0.481 e. The number of ether oxygens (including phenoxy) is 1. The lowest BCUT2D eigenvalue weighted by Gasteiger charge is -2.36. The van der Waals surface area contributed by atoms with E-state index in [-0.39, 0.29) is 23.2 Å². The quantitative estimate of drug-likeness (QED) is 0.627. The van der Waals surface area contributed by atoms with E-state index in [2.05, 4.69) is 15.4 Å². The summed E-state index contributed by atoms with van der Waals surface area (Å²) in [7, 11) is 0. The topological polar surface area (TPSA) is 126 Å². The van der Waals surface area contributed by atoms with Gasteiger partial charge in [-0.1, -0.05) is 12.1 Å². The maximum Gasteiger partial charge on any atom is 0.305 e. The van der Waals surface area contributed by atoms with Crippen LogP contribution in [0.5, 0.6) is 0 Å². The van der Waals surface area contributed by atoms with Crippen LogP contribution in [0.1, 0.15) is 29.6 Å². The Balaban J connectivity index is 1.74. The van der Waals surface area contributed by atoms with E-state index in [9.17, 15) is 19.5 Å². The molecule has 3 heterocycles. The van der Waals surface area contributed by atoms with Gasteiger partial charge in [0.15, 0.2) is 0 Å². The Morgan fingerprint density at radius 1 is 1.30 bits per heavy atom. The first-order valence-electron chi connectivity index (χ1n) is 8.60. The van der Waals surface area contributed by atoms with Crippen molar-refractivity contribution in [2.75, 3.05) is 13.2 Å². The van der Waals surface area contributed by atoms with Gasteiger partial charge in [-0.2, -0.15) is 5.10 Å². The van der Waals surface area contributed by atoms with Crippen LogP contribution in [0.15, 0.2) is 35.3 Å². The number of hydrogen-bond acceptors (Lipinski definition) is 5. The first-order chi connectivity index (χ1) is 13.0. The van der Waals surface area contributed by atoms with E-state index in [1.54, 1.807) is 24.3 Å². The highest BCUT2D eigenvalue weighted by atomic mass is 16.5. The zero-order valence-electron chi connectivity index (χ0n) is 14.4. The van der Waals surface area contributed by atoms with Crippen LogP contribution in [0.2, 0.25) is 0 Å². The lowest BCUT2D eigenvalue weighted by molar-refractivity contribution is -0.139. The Kier molecular flexibility index (Phi) is 4.15. The molecule has 1 fully saturated rings. The Morgan fingerprint density at radius 2 is 2.04 bits per heavy atom. The maximum absolute atomic E-state index is 12.9. The SMILES string of the molecule is O=C(O)CC1(NC(=O)c2cnn3c2[nH]c(=O)c2ccccc23)CCOCC1. The Morgan fingerprint density at radius 3 is 2.78 bits per heavy atom. The second kappa shape index (κ2) is 6.51. The number of nitrogens with one attached hydrogen (secondary N) is 2. The molecule has 1 aliphatic heterocycles.